The molecule has 4 nitrogen and oxygen atoms in total. The Bertz CT molecular complexity index is 413. The number of aliphatic carboxylic acids is 1. The fraction of sp³-hybridized carbons (Fsp3) is 0.308. The summed E-state index contributed by atoms with van der Waals surface area (Å²) < 4.78 is 5.28. The van der Waals surface area contributed by atoms with E-state index in [4.69, 9.17) is 9.84 Å². The van der Waals surface area contributed by atoms with Crippen molar-refractivity contribution in [2.45, 2.75) is 6.04 Å². The number of hydrogen-bond acceptors (Lipinski definition) is 3. The van der Waals surface area contributed by atoms with Crippen molar-refractivity contribution in [2.75, 3.05) is 21.2 Å². The van der Waals surface area contributed by atoms with E-state index in [9.17, 15) is 4.79 Å². The maximum absolute atomic E-state index is 10.6. The van der Waals surface area contributed by atoms with Crippen LogP contribution in [0.2, 0.25) is 0 Å². The zero-order chi connectivity index (χ0) is 12.8. The lowest BCUT2D eigenvalue weighted by atomic mass is 10.0. The van der Waals surface area contributed by atoms with E-state index in [2.05, 4.69) is 0 Å². The highest BCUT2D eigenvalue weighted by Crippen LogP contribution is 2.28. The number of nitrogens with zero attached hydrogens (tertiary/aromatic N) is 1. The molecular weight excluding hydrogens is 218 g/mol. The molecule has 0 spiro atoms. The Morgan fingerprint density at radius 1 is 1.41 bits per heavy atom. The van der Waals surface area contributed by atoms with Gasteiger partial charge in [-0.05, 0) is 20.2 Å². The van der Waals surface area contributed by atoms with Gasteiger partial charge in [-0.15, -0.1) is 0 Å². The molecule has 0 heterocycles. The first kappa shape index (κ1) is 13.3. The predicted molar refractivity (Wildman–Crippen MR) is 66.2 cm³/mol. The van der Waals surface area contributed by atoms with Gasteiger partial charge in [0.2, 0.25) is 0 Å². The van der Waals surface area contributed by atoms with Gasteiger partial charge in [0.1, 0.15) is 5.75 Å². The van der Waals surface area contributed by atoms with Gasteiger partial charge in [-0.2, -0.15) is 0 Å². The third kappa shape index (κ3) is 3.60. The molecule has 0 saturated heterocycles. The Morgan fingerprint density at radius 2 is 2.06 bits per heavy atom. The van der Waals surface area contributed by atoms with Crippen molar-refractivity contribution in [1.82, 2.24) is 4.90 Å². The molecule has 4 heteroatoms. The Labute approximate surface area is 101 Å². The van der Waals surface area contributed by atoms with E-state index in [1.165, 1.54) is 0 Å². The van der Waals surface area contributed by atoms with Crippen LogP contribution < -0.4 is 4.74 Å². The van der Waals surface area contributed by atoms with Crippen LogP contribution in [-0.2, 0) is 4.79 Å². The molecule has 1 aromatic carbocycles. The van der Waals surface area contributed by atoms with Gasteiger partial charge in [-0.3, -0.25) is 4.90 Å². The summed E-state index contributed by atoms with van der Waals surface area (Å²) in [7, 11) is 5.39. The van der Waals surface area contributed by atoms with Crippen molar-refractivity contribution in [3.63, 3.8) is 0 Å². The third-order valence-electron chi connectivity index (χ3n) is 2.44. The molecule has 1 unspecified atom stereocenters. The molecular formula is C13H17NO3. The molecule has 0 aliphatic heterocycles. The average Bonchev–Trinajstić information content (AvgIpc) is 2.29. The minimum Gasteiger partial charge on any atom is -0.496 e. The van der Waals surface area contributed by atoms with Gasteiger partial charge in [-0.25, -0.2) is 4.79 Å². The van der Waals surface area contributed by atoms with Gasteiger partial charge in [-0.1, -0.05) is 24.3 Å². The van der Waals surface area contributed by atoms with Gasteiger partial charge in [0.15, 0.2) is 0 Å². The number of rotatable bonds is 5. The fourth-order valence-corrected chi connectivity index (χ4v) is 1.64. The molecule has 1 N–H and O–H groups in total. The quantitative estimate of drug-likeness (QED) is 0.792. The summed E-state index contributed by atoms with van der Waals surface area (Å²) in [5, 5.41) is 8.68. The molecule has 92 valence electrons. The molecule has 1 rings (SSSR count). The number of carboxylic acid groups (broad SMARTS) is 1. The lowest BCUT2D eigenvalue weighted by molar-refractivity contribution is -0.131. The highest BCUT2D eigenvalue weighted by Gasteiger charge is 2.15. The van der Waals surface area contributed by atoms with Crippen molar-refractivity contribution in [2.24, 2.45) is 0 Å². The number of likely N-dealkylation sites (N-methyl/N-ethyl adjacent to an activating group) is 1. The lowest BCUT2D eigenvalue weighted by Gasteiger charge is -2.23. The summed E-state index contributed by atoms with van der Waals surface area (Å²) in [6, 6.07) is 7.46. The molecule has 0 aliphatic rings. The first-order valence-corrected chi connectivity index (χ1v) is 5.26. The Balaban J connectivity index is 3.09. The minimum absolute atomic E-state index is 0.123. The average molecular weight is 235 g/mol. The maximum Gasteiger partial charge on any atom is 0.328 e. The van der Waals surface area contributed by atoms with Crippen LogP contribution in [0.1, 0.15) is 11.6 Å². The zero-order valence-electron chi connectivity index (χ0n) is 10.3. The van der Waals surface area contributed by atoms with Gasteiger partial charge in [0.05, 0.1) is 13.2 Å². The zero-order valence-corrected chi connectivity index (χ0v) is 10.3. The minimum atomic E-state index is -0.952. The number of carbonyl (C=O) groups is 1. The lowest BCUT2D eigenvalue weighted by Crippen LogP contribution is -2.19. The summed E-state index contributed by atoms with van der Waals surface area (Å²) in [6.07, 6.45) is 2.79. The SMILES string of the molecule is COc1ccccc1C(/C=C/C(=O)O)N(C)C. The predicted octanol–water partition coefficient (Wildman–Crippen LogP) is 1.94. The number of ether oxygens (including phenoxy) is 1. The fourth-order valence-electron chi connectivity index (χ4n) is 1.64. The van der Waals surface area contributed by atoms with Gasteiger partial charge in [0.25, 0.3) is 0 Å². The van der Waals surface area contributed by atoms with Crippen LogP contribution in [0.5, 0.6) is 5.75 Å². The second kappa shape index (κ2) is 6.06. The highest BCUT2D eigenvalue weighted by atomic mass is 16.5. The first-order chi connectivity index (χ1) is 8.06. The van der Waals surface area contributed by atoms with Crippen LogP contribution in [0, 0.1) is 0 Å². The van der Waals surface area contributed by atoms with Crippen LogP contribution in [0.25, 0.3) is 0 Å². The highest BCUT2D eigenvalue weighted by molar-refractivity contribution is 5.79. The van der Waals surface area contributed by atoms with E-state index in [1.807, 2.05) is 43.3 Å². The molecule has 1 aromatic rings. The second-order valence-electron chi connectivity index (χ2n) is 3.85. The topological polar surface area (TPSA) is 49.8 Å². The Hall–Kier alpha value is -1.81. The van der Waals surface area contributed by atoms with Gasteiger partial charge >= 0.3 is 5.97 Å². The molecule has 0 bridgehead atoms. The summed E-state index contributed by atoms with van der Waals surface area (Å²) in [5.74, 6) is -0.201. The molecule has 0 saturated carbocycles. The van der Waals surface area contributed by atoms with E-state index in [1.54, 1.807) is 13.2 Å². The number of para-hydroxylation sites is 1. The molecule has 0 amide bonds. The molecule has 0 radical (unpaired) electrons. The van der Waals surface area contributed by atoms with Crippen molar-refractivity contribution in [3.8, 4) is 5.75 Å². The maximum atomic E-state index is 10.6. The van der Waals surface area contributed by atoms with Crippen molar-refractivity contribution in [3.05, 3.63) is 42.0 Å². The summed E-state index contributed by atoms with van der Waals surface area (Å²) in [5.41, 5.74) is 0.942. The van der Waals surface area contributed by atoms with Crippen LogP contribution in [0.3, 0.4) is 0 Å². The Morgan fingerprint density at radius 3 is 2.59 bits per heavy atom. The van der Waals surface area contributed by atoms with E-state index in [0.29, 0.717) is 0 Å². The number of methoxy groups -OCH3 is 1. The monoisotopic (exact) mass is 235 g/mol. The van der Waals surface area contributed by atoms with E-state index in [-0.39, 0.29) is 6.04 Å². The molecule has 0 aliphatic carbocycles. The largest absolute Gasteiger partial charge is 0.496 e. The molecule has 0 aromatic heterocycles. The molecule has 1 atom stereocenters. The third-order valence-corrected chi connectivity index (χ3v) is 2.44. The van der Waals surface area contributed by atoms with Crippen molar-refractivity contribution >= 4 is 5.97 Å². The Kier molecular flexibility index (Phi) is 4.72. The number of carboxylic acids is 1. The van der Waals surface area contributed by atoms with Crippen molar-refractivity contribution in [1.29, 1.82) is 0 Å². The van der Waals surface area contributed by atoms with Crippen LogP contribution in [0.4, 0.5) is 0 Å². The number of benzene rings is 1. The summed E-state index contributed by atoms with van der Waals surface area (Å²) >= 11 is 0. The van der Waals surface area contributed by atoms with Crippen LogP contribution in [-0.4, -0.2) is 37.2 Å². The smallest absolute Gasteiger partial charge is 0.328 e. The van der Waals surface area contributed by atoms with Crippen molar-refractivity contribution < 1.29 is 14.6 Å². The second-order valence-corrected chi connectivity index (χ2v) is 3.85. The van der Waals surface area contributed by atoms with E-state index < -0.39 is 5.97 Å². The van der Waals surface area contributed by atoms with Gasteiger partial charge in [0, 0.05) is 11.6 Å². The normalized spacial score (nSPS) is 12.9. The standard InChI is InChI=1S/C13H17NO3/c1-14(2)11(8-9-13(15)16)10-6-4-5-7-12(10)17-3/h4-9,11H,1-3H3,(H,15,16)/b9-8+. The summed E-state index contributed by atoms with van der Waals surface area (Å²) in [6.45, 7) is 0. The first-order valence-electron chi connectivity index (χ1n) is 5.26. The molecule has 0 fully saturated rings. The van der Waals surface area contributed by atoms with Gasteiger partial charge < -0.3 is 9.84 Å². The number of hydrogen-bond donors (Lipinski definition) is 1. The van der Waals surface area contributed by atoms with Crippen LogP contribution in [0.15, 0.2) is 36.4 Å². The van der Waals surface area contributed by atoms with E-state index >= 15 is 0 Å². The summed E-state index contributed by atoms with van der Waals surface area (Å²) in [4.78, 5) is 12.5. The van der Waals surface area contributed by atoms with E-state index in [0.717, 1.165) is 17.4 Å². The van der Waals surface area contributed by atoms with Crippen LogP contribution >= 0.6 is 0 Å². The molecule has 17 heavy (non-hydrogen) atoms.